The highest BCUT2D eigenvalue weighted by molar-refractivity contribution is 7.99. The van der Waals surface area contributed by atoms with Gasteiger partial charge in [0.25, 0.3) is 0 Å². The van der Waals surface area contributed by atoms with Gasteiger partial charge in [0, 0.05) is 12.6 Å². The molecule has 0 radical (unpaired) electrons. The first-order chi connectivity index (χ1) is 12.0. The summed E-state index contributed by atoms with van der Waals surface area (Å²) in [6.07, 6.45) is 0. The van der Waals surface area contributed by atoms with Gasteiger partial charge in [0.1, 0.15) is 5.75 Å². The van der Waals surface area contributed by atoms with Crippen LogP contribution >= 0.6 is 11.8 Å². The van der Waals surface area contributed by atoms with Crippen molar-refractivity contribution in [2.75, 3.05) is 12.9 Å². The van der Waals surface area contributed by atoms with Crippen molar-refractivity contribution in [1.82, 2.24) is 20.1 Å². The van der Waals surface area contributed by atoms with Crippen molar-refractivity contribution in [1.29, 1.82) is 0 Å². The Balaban J connectivity index is 2.13. The molecule has 1 aromatic heterocycles. The van der Waals surface area contributed by atoms with E-state index < -0.39 is 0 Å². The second kappa shape index (κ2) is 8.89. The number of para-hydroxylation sites is 1. The van der Waals surface area contributed by atoms with Gasteiger partial charge in [-0.3, -0.25) is 4.79 Å². The summed E-state index contributed by atoms with van der Waals surface area (Å²) in [5, 5.41) is 12.3. The van der Waals surface area contributed by atoms with Gasteiger partial charge in [-0.25, -0.2) is 0 Å². The van der Waals surface area contributed by atoms with E-state index >= 15 is 0 Å². The molecule has 0 aliphatic heterocycles. The Morgan fingerprint density at radius 1 is 1.28 bits per heavy atom. The first-order valence-corrected chi connectivity index (χ1v) is 9.45. The van der Waals surface area contributed by atoms with Gasteiger partial charge in [-0.05, 0) is 31.9 Å². The zero-order valence-corrected chi connectivity index (χ0v) is 16.3. The topological polar surface area (TPSA) is 69.0 Å². The van der Waals surface area contributed by atoms with Crippen molar-refractivity contribution in [3.63, 3.8) is 0 Å². The molecule has 1 amide bonds. The van der Waals surface area contributed by atoms with Crippen LogP contribution in [0.25, 0.3) is 11.4 Å². The molecule has 2 rings (SSSR count). The highest BCUT2D eigenvalue weighted by Gasteiger charge is 2.18. The lowest BCUT2D eigenvalue weighted by Gasteiger charge is -2.17. The van der Waals surface area contributed by atoms with Crippen LogP contribution in [0.3, 0.4) is 0 Å². The van der Waals surface area contributed by atoms with Crippen molar-refractivity contribution in [3.05, 3.63) is 24.3 Å². The highest BCUT2D eigenvalue weighted by atomic mass is 32.2. The fourth-order valence-corrected chi connectivity index (χ4v) is 3.12. The predicted octanol–water partition coefficient (Wildman–Crippen LogP) is 3.23. The number of hydrogen-bond donors (Lipinski definition) is 1. The smallest absolute Gasteiger partial charge is 0.230 e. The minimum atomic E-state index is 0.00990. The lowest BCUT2D eigenvalue weighted by atomic mass is 10.1. The van der Waals surface area contributed by atoms with Gasteiger partial charge < -0.3 is 14.6 Å². The van der Waals surface area contributed by atoms with E-state index in [-0.39, 0.29) is 11.9 Å². The SMILES string of the molecule is CCn1c(SCC(=O)NC(C)C(C)C)nnc1-c1ccccc1OC. The molecule has 0 saturated carbocycles. The number of ether oxygens (including phenoxy) is 1. The molecule has 0 spiro atoms. The molecule has 0 saturated heterocycles. The third kappa shape index (κ3) is 4.75. The lowest BCUT2D eigenvalue weighted by Crippen LogP contribution is -2.37. The largest absolute Gasteiger partial charge is 0.496 e. The summed E-state index contributed by atoms with van der Waals surface area (Å²) in [6, 6.07) is 7.88. The summed E-state index contributed by atoms with van der Waals surface area (Å²) >= 11 is 1.40. The highest BCUT2D eigenvalue weighted by Crippen LogP contribution is 2.30. The number of carbonyl (C=O) groups excluding carboxylic acids is 1. The maximum Gasteiger partial charge on any atom is 0.230 e. The lowest BCUT2D eigenvalue weighted by molar-refractivity contribution is -0.119. The first-order valence-electron chi connectivity index (χ1n) is 8.46. The number of nitrogens with one attached hydrogen (secondary N) is 1. The molecule has 1 aromatic carbocycles. The summed E-state index contributed by atoms with van der Waals surface area (Å²) in [5.41, 5.74) is 0.893. The zero-order valence-electron chi connectivity index (χ0n) is 15.4. The number of aromatic nitrogens is 3. The molecule has 0 aliphatic rings. The average Bonchev–Trinajstić information content (AvgIpc) is 3.02. The Morgan fingerprint density at radius 3 is 2.64 bits per heavy atom. The number of carbonyl (C=O) groups is 1. The van der Waals surface area contributed by atoms with Crippen LogP contribution in [0.15, 0.2) is 29.4 Å². The molecule has 6 nitrogen and oxygen atoms in total. The number of hydrogen-bond acceptors (Lipinski definition) is 5. The third-order valence-corrected chi connectivity index (χ3v) is 5.07. The Labute approximate surface area is 153 Å². The standard InChI is InChI=1S/C18H26N4O2S/c1-6-22-17(14-9-7-8-10-15(14)24-5)20-21-18(22)25-11-16(23)19-13(4)12(2)3/h7-10,12-13H,6,11H2,1-5H3,(H,19,23). The number of methoxy groups -OCH3 is 1. The maximum atomic E-state index is 12.1. The Bertz CT molecular complexity index is 715. The van der Waals surface area contributed by atoms with Crippen molar-refractivity contribution in [2.24, 2.45) is 5.92 Å². The molecule has 1 atom stereocenters. The fraction of sp³-hybridized carbons (Fsp3) is 0.500. The molecule has 0 bridgehead atoms. The van der Waals surface area contributed by atoms with Crippen LogP contribution in [0.2, 0.25) is 0 Å². The Kier molecular flexibility index (Phi) is 6.87. The molecule has 0 fully saturated rings. The second-order valence-corrected chi connectivity index (χ2v) is 7.08. The van der Waals surface area contributed by atoms with Gasteiger partial charge in [0.05, 0.1) is 18.4 Å². The Hall–Kier alpha value is -2.02. The van der Waals surface area contributed by atoms with Gasteiger partial charge in [0.2, 0.25) is 5.91 Å². The summed E-state index contributed by atoms with van der Waals surface area (Å²) in [5.74, 6) is 2.24. The van der Waals surface area contributed by atoms with E-state index in [1.165, 1.54) is 11.8 Å². The number of amides is 1. The van der Waals surface area contributed by atoms with Crippen LogP contribution < -0.4 is 10.1 Å². The normalized spacial score (nSPS) is 12.2. The van der Waals surface area contributed by atoms with E-state index in [4.69, 9.17) is 4.74 Å². The zero-order chi connectivity index (χ0) is 18.4. The Morgan fingerprint density at radius 2 is 2.00 bits per heavy atom. The minimum Gasteiger partial charge on any atom is -0.496 e. The third-order valence-electron chi connectivity index (χ3n) is 4.10. The van der Waals surface area contributed by atoms with E-state index in [9.17, 15) is 4.79 Å². The second-order valence-electron chi connectivity index (χ2n) is 6.14. The quantitative estimate of drug-likeness (QED) is 0.730. The number of benzene rings is 1. The molecular formula is C18H26N4O2S. The van der Waals surface area contributed by atoms with E-state index in [2.05, 4.69) is 29.4 Å². The molecular weight excluding hydrogens is 336 g/mol. The van der Waals surface area contributed by atoms with Crippen LogP contribution in [-0.2, 0) is 11.3 Å². The molecule has 25 heavy (non-hydrogen) atoms. The van der Waals surface area contributed by atoms with E-state index in [0.717, 1.165) is 22.3 Å². The van der Waals surface area contributed by atoms with Crippen molar-refractivity contribution < 1.29 is 9.53 Å². The molecule has 1 unspecified atom stereocenters. The monoisotopic (exact) mass is 362 g/mol. The van der Waals surface area contributed by atoms with E-state index in [0.29, 0.717) is 18.2 Å². The summed E-state index contributed by atoms with van der Waals surface area (Å²) < 4.78 is 7.42. The maximum absolute atomic E-state index is 12.1. The molecule has 7 heteroatoms. The summed E-state index contributed by atoms with van der Waals surface area (Å²) in [4.78, 5) is 12.1. The van der Waals surface area contributed by atoms with Gasteiger partial charge in [-0.15, -0.1) is 10.2 Å². The number of thioether (sulfide) groups is 1. The molecule has 2 aromatic rings. The van der Waals surface area contributed by atoms with Crippen LogP contribution in [0.1, 0.15) is 27.7 Å². The fourth-order valence-electron chi connectivity index (χ4n) is 2.30. The average molecular weight is 362 g/mol. The van der Waals surface area contributed by atoms with Crippen molar-refractivity contribution in [2.45, 2.75) is 45.4 Å². The minimum absolute atomic E-state index is 0.00990. The summed E-state index contributed by atoms with van der Waals surface area (Å²) in [6.45, 7) is 8.94. The molecule has 1 N–H and O–H groups in total. The summed E-state index contributed by atoms with van der Waals surface area (Å²) in [7, 11) is 1.64. The first kappa shape index (κ1) is 19.3. The van der Waals surface area contributed by atoms with Gasteiger partial charge in [0.15, 0.2) is 11.0 Å². The van der Waals surface area contributed by atoms with E-state index in [1.807, 2.05) is 42.7 Å². The van der Waals surface area contributed by atoms with Crippen molar-refractivity contribution >= 4 is 17.7 Å². The van der Waals surface area contributed by atoms with Crippen LogP contribution in [0.4, 0.5) is 0 Å². The van der Waals surface area contributed by atoms with Crippen molar-refractivity contribution in [3.8, 4) is 17.1 Å². The molecule has 136 valence electrons. The van der Waals surface area contributed by atoms with E-state index in [1.54, 1.807) is 7.11 Å². The van der Waals surface area contributed by atoms with Crippen LogP contribution in [0.5, 0.6) is 5.75 Å². The van der Waals surface area contributed by atoms with Gasteiger partial charge in [-0.1, -0.05) is 37.7 Å². The molecule has 0 aliphatic carbocycles. The van der Waals surface area contributed by atoms with Gasteiger partial charge in [-0.2, -0.15) is 0 Å². The number of nitrogens with zero attached hydrogens (tertiary/aromatic N) is 3. The van der Waals surface area contributed by atoms with Crippen LogP contribution in [0, 0.1) is 5.92 Å². The van der Waals surface area contributed by atoms with Crippen LogP contribution in [-0.4, -0.2) is 39.6 Å². The van der Waals surface area contributed by atoms with Gasteiger partial charge >= 0.3 is 0 Å². The predicted molar refractivity (Wildman–Crippen MR) is 101 cm³/mol. The number of rotatable bonds is 8. The molecule has 1 heterocycles.